The van der Waals surface area contributed by atoms with Gasteiger partial charge in [0.25, 0.3) is 0 Å². The first-order valence-electron chi connectivity index (χ1n) is 8.25. The van der Waals surface area contributed by atoms with Gasteiger partial charge in [0, 0.05) is 0 Å². The van der Waals surface area contributed by atoms with E-state index in [0.29, 0.717) is 18.3 Å². The quantitative estimate of drug-likeness (QED) is 0.287. The van der Waals surface area contributed by atoms with Gasteiger partial charge in [-0.15, -0.1) is 0 Å². The number of carbonyl (C=O) groups is 4. The summed E-state index contributed by atoms with van der Waals surface area (Å²) in [4.78, 5) is 46.5. The summed E-state index contributed by atoms with van der Waals surface area (Å²) in [6.45, 7) is 4.95. The average molecular weight is 514 g/mol. The summed E-state index contributed by atoms with van der Waals surface area (Å²) in [7, 11) is 0. The molecule has 1 heterocycles. The summed E-state index contributed by atoms with van der Waals surface area (Å²) in [5.41, 5.74) is 4.40. The fraction of sp³-hybridized carbons (Fsp3) is 0.750. The zero-order valence-electron chi connectivity index (χ0n) is 16.2. The normalized spacial score (nSPS) is 27.6. The van der Waals surface area contributed by atoms with Gasteiger partial charge in [0.1, 0.15) is 0 Å². The van der Waals surface area contributed by atoms with Gasteiger partial charge in [-0.05, 0) is 0 Å². The van der Waals surface area contributed by atoms with Gasteiger partial charge >= 0.3 is 168 Å². The molecule has 5 atom stereocenters. The molecule has 11 heteroatoms. The van der Waals surface area contributed by atoms with Gasteiger partial charge in [-0.3, -0.25) is 0 Å². The molecule has 1 saturated heterocycles. The van der Waals surface area contributed by atoms with E-state index in [1.165, 1.54) is 27.7 Å². The molecule has 0 bridgehead atoms. The van der Waals surface area contributed by atoms with Crippen LogP contribution < -0.4 is 5.32 Å². The second-order valence-corrected chi connectivity index (χ2v) is 21.6. The van der Waals surface area contributed by atoms with Crippen LogP contribution in [0.25, 0.3) is 0 Å². The molecular formula is C16H26AsNO8Se. The van der Waals surface area contributed by atoms with E-state index in [4.69, 9.17) is 18.9 Å². The van der Waals surface area contributed by atoms with Gasteiger partial charge < -0.3 is 0 Å². The van der Waals surface area contributed by atoms with Gasteiger partial charge in [0.15, 0.2) is 0 Å². The Hall–Kier alpha value is -1.08. The van der Waals surface area contributed by atoms with Crippen LogP contribution in [0.5, 0.6) is 0 Å². The Kier molecular flexibility index (Phi) is 9.80. The first kappa shape index (κ1) is 24.0. The first-order chi connectivity index (χ1) is 12.5. The number of nitrogens with one attached hydrogen (secondary N) is 1. The molecule has 0 radical (unpaired) electrons. The van der Waals surface area contributed by atoms with Crippen LogP contribution in [0.15, 0.2) is 0 Å². The Balaban J connectivity index is 3.27. The van der Waals surface area contributed by atoms with Gasteiger partial charge in [-0.2, -0.15) is 0 Å². The zero-order chi connectivity index (χ0) is 20.7. The van der Waals surface area contributed by atoms with Crippen molar-refractivity contribution in [3.8, 4) is 0 Å². The monoisotopic (exact) mass is 515 g/mol. The van der Waals surface area contributed by atoms with Crippen LogP contribution in [0.4, 0.5) is 0 Å². The minimum absolute atomic E-state index is 0.290. The Morgan fingerprint density at radius 3 is 1.89 bits per heavy atom. The number of esters is 3. The molecule has 0 aromatic heterocycles. The average Bonchev–Trinajstić information content (AvgIpc) is 2.49. The summed E-state index contributed by atoms with van der Waals surface area (Å²) < 4.78 is 21.9. The van der Waals surface area contributed by atoms with E-state index < -0.39 is 67.2 Å². The number of hydrogen-bond donors (Lipinski definition) is 1. The van der Waals surface area contributed by atoms with Crippen molar-refractivity contribution >= 4 is 49.5 Å². The van der Waals surface area contributed by atoms with Gasteiger partial charge in [0.05, 0.1) is 0 Å². The molecule has 1 rings (SSSR count). The molecule has 9 nitrogen and oxygen atoms in total. The number of hydrogen-bond acceptors (Lipinski definition) is 8. The molecule has 0 aromatic carbocycles. The van der Waals surface area contributed by atoms with Crippen LogP contribution in [0.2, 0.25) is 16.7 Å². The summed E-state index contributed by atoms with van der Waals surface area (Å²) >= 11 is -0.659. The predicted octanol–water partition coefficient (Wildman–Crippen LogP) is 0.0161. The van der Waals surface area contributed by atoms with Crippen molar-refractivity contribution < 1.29 is 38.1 Å². The molecule has 0 saturated carbocycles. The number of ether oxygens (including phenoxy) is 4. The van der Waals surface area contributed by atoms with Gasteiger partial charge in [0.2, 0.25) is 0 Å². The van der Waals surface area contributed by atoms with E-state index in [0.717, 1.165) is 0 Å². The van der Waals surface area contributed by atoms with Crippen molar-refractivity contribution in [1.82, 2.24) is 5.32 Å². The molecule has 27 heavy (non-hydrogen) atoms. The van der Waals surface area contributed by atoms with Gasteiger partial charge in [-0.25, -0.2) is 0 Å². The van der Waals surface area contributed by atoms with E-state index in [1.807, 2.05) is 0 Å². The van der Waals surface area contributed by atoms with Crippen molar-refractivity contribution in [2.45, 2.75) is 75.1 Å². The van der Waals surface area contributed by atoms with E-state index in [9.17, 15) is 19.2 Å². The number of carbonyl (C=O) groups excluding carboxylic acids is 4. The van der Waals surface area contributed by atoms with Crippen LogP contribution in [-0.2, 0) is 38.1 Å². The third-order valence-corrected chi connectivity index (χ3v) is 12.7. The van der Waals surface area contributed by atoms with Crippen LogP contribution in [0, 0.1) is 0 Å². The molecule has 154 valence electrons. The van der Waals surface area contributed by atoms with E-state index in [1.54, 1.807) is 0 Å². The van der Waals surface area contributed by atoms with E-state index in [2.05, 4.69) is 16.7 Å². The topological polar surface area (TPSA) is 117 Å². The molecular weight excluding hydrogens is 488 g/mol. The Morgan fingerprint density at radius 2 is 1.44 bits per heavy atom. The minimum atomic E-state index is -1.15. The predicted molar refractivity (Wildman–Crippen MR) is 97.2 cm³/mol. The summed E-state index contributed by atoms with van der Waals surface area (Å²) in [6.07, 6.45) is -3.71. The Morgan fingerprint density at radius 1 is 0.926 bits per heavy atom. The molecule has 1 N–H and O–H groups in total. The third-order valence-electron chi connectivity index (χ3n) is 3.40. The Labute approximate surface area is 168 Å². The molecule has 5 unspecified atom stereocenters. The maximum atomic E-state index is 11.7. The van der Waals surface area contributed by atoms with Crippen molar-refractivity contribution in [1.29, 1.82) is 0 Å². The van der Waals surface area contributed by atoms with Crippen molar-refractivity contribution in [2.75, 3.05) is 0 Å². The fourth-order valence-electron chi connectivity index (χ4n) is 2.58. The van der Waals surface area contributed by atoms with Crippen LogP contribution in [0.1, 0.15) is 27.7 Å². The SMILES string of the molecule is CC(=O)NC1C(OC(C)=O)OC(C[Se][As](C)C)C(OC(C)=O)C1OC(C)=O. The summed E-state index contributed by atoms with van der Waals surface area (Å²) in [5, 5.41) is 3.20. The van der Waals surface area contributed by atoms with Crippen molar-refractivity contribution in [3.05, 3.63) is 0 Å². The molecule has 0 aliphatic carbocycles. The molecule has 1 amide bonds. The molecule has 1 aliphatic rings. The fourth-order valence-corrected chi connectivity index (χ4v) is 8.93. The maximum absolute atomic E-state index is 11.7. The van der Waals surface area contributed by atoms with Crippen LogP contribution in [-0.4, -0.2) is 80.2 Å². The molecule has 1 fully saturated rings. The standard InChI is InChI=1S/C16H26AsNO8Se/c1-8(19)18-13-15(24-10(3)21)14(23-9(2)20)12(7-27-17(5)6)26-16(13)25-11(4)22/h12-16H,7H2,1-6H3,(H,18,19). The first-order valence-corrected chi connectivity index (χ1v) is 18.0. The number of rotatable bonds is 7. The molecule has 0 spiro atoms. The van der Waals surface area contributed by atoms with E-state index in [-0.39, 0.29) is 0 Å². The van der Waals surface area contributed by atoms with Crippen LogP contribution in [0.3, 0.4) is 0 Å². The second kappa shape index (κ2) is 11.0. The molecule has 1 aliphatic heterocycles. The van der Waals surface area contributed by atoms with Crippen molar-refractivity contribution in [3.63, 3.8) is 0 Å². The zero-order valence-corrected chi connectivity index (χ0v) is 19.8. The summed E-state index contributed by atoms with van der Waals surface area (Å²) in [6, 6.07) is -1.000. The third kappa shape index (κ3) is 8.21. The number of amides is 1. The van der Waals surface area contributed by atoms with Crippen LogP contribution >= 0.6 is 0 Å². The Bertz CT molecular complexity index is 573. The van der Waals surface area contributed by atoms with Crippen molar-refractivity contribution in [2.24, 2.45) is 0 Å². The second-order valence-electron chi connectivity index (χ2n) is 6.13. The molecule has 0 aromatic rings. The van der Waals surface area contributed by atoms with Gasteiger partial charge in [-0.1, -0.05) is 0 Å². The van der Waals surface area contributed by atoms with E-state index >= 15 is 0 Å². The summed E-state index contributed by atoms with van der Waals surface area (Å²) in [5.74, 6) is -2.21.